The molecule has 13 unspecified atom stereocenters. The molecule has 0 nitrogen and oxygen atoms in total. The fourth-order valence-corrected chi connectivity index (χ4v) is 22.1. The Balaban J connectivity index is 1.53. The molecule has 0 aromatic carbocycles. The SMILES string of the molecule is CC[Si](CC)(C1C(C)C(C)C(C)C1C)C1C(C)CC2C1CC1CCCC1C2C1CC(C(C)(C)C)CC(C(C)(C)C)C1. The summed E-state index contributed by atoms with van der Waals surface area (Å²) in [5, 5.41) is 0. The van der Waals surface area contributed by atoms with Crippen LogP contribution in [0.5, 0.6) is 0 Å². The van der Waals surface area contributed by atoms with Gasteiger partial charge in [0, 0.05) is 0 Å². The van der Waals surface area contributed by atoms with Crippen LogP contribution in [0.4, 0.5) is 0 Å². The maximum absolute atomic E-state index is 2.79. The minimum absolute atomic E-state index is 0.450. The summed E-state index contributed by atoms with van der Waals surface area (Å²) in [5.74, 6) is 12.8. The van der Waals surface area contributed by atoms with Crippen molar-refractivity contribution in [3.63, 3.8) is 0 Å². The van der Waals surface area contributed by atoms with Crippen molar-refractivity contribution in [2.75, 3.05) is 0 Å². The van der Waals surface area contributed by atoms with Crippen molar-refractivity contribution in [2.45, 2.75) is 165 Å². The molecule has 5 aliphatic carbocycles. The Morgan fingerprint density at radius 1 is 0.537 bits per heavy atom. The zero-order valence-electron chi connectivity index (χ0n) is 30.2. The molecule has 5 rings (SSSR count). The molecule has 5 aliphatic rings. The molecule has 0 N–H and O–H groups in total. The van der Waals surface area contributed by atoms with Crippen molar-refractivity contribution < 1.29 is 0 Å². The van der Waals surface area contributed by atoms with Gasteiger partial charge in [-0.2, -0.15) is 0 Å². The highest BCUT2D eigenvalue weighted by atomic mass is 28.3. The fourth-order valence-electron chi connectivity index (χ4n) is 14.1. The third kappa shape index (κ3) is 5.41. The lowest BCUT2D eigenvalue weighted by Crippen LogP contribution is -2.52. The van der Waals surface area contributed by atoms with E-state index in [0.29, 0.717) is 10.8 Å². The van der Waals surface area contributed by atoms with Gasteiger partial charge in [0.25, 0.3) is 0 Å². The van der Waals surface area contributed by atoms with Crippen LogP contribution in [0.3, 0.4) is 0 Å². The summed E-state index contributed by atoms with van der Waals surface area (Å²) in [6.45, 7) is 34.3. The first-order valence-electron chi connectivity index (χ1n) is 19.1. The summed E-state index contributed by atoms with van der Waals surface area (Å²) in [6.07, 6.45) is 12.5. The van der Waals surface area contributed by atoms with E-state index in [2.05, 4.69) is 90.0 Å². The molecule has 238 valence electrons. The summed E-state index contributed by atoms with van der Waals surface area (Å²) in [6, 6.07) is 3.11. The normalized spacial score (nSPS) is 49.2. The lowest BCUT2D eigenvalue weighted by atomic mass is 9.52. The van der Waals surface area contributed by atoms with Gasteiger partial charge in [0.2, 0.25) is 0 Å². The zero-order chi connectivity index (χ0) is 30.2. The molecule has 0 amide bonds. The van der Waals surface area contributed by atoms with E-state index in [-0.39, 0.29) is 0 Å². The van der Waals surface area contributed by atoms with Crippen molar-refractivity contribution in [3.05, 3.63) is 0 Å². The maximum atomic E-state index is 2.79. The van der Waals surface area contributed by atoms with E-state index in [1.54, 1.807) is 57.0 Å². The van der Waals surface area contributed by atoms with Gasteiger partial charge in [-0.1, -0.05) is 115 Å². The predicted octanol–water partition coefficient (Wildman–Crippen LogP) is 12.6. The van der Waals surface area contributed by atoms with Gasteiger partial charge in [0.05, 0.1) is 8.07 Å². The van der Waals surface area contributed by atoms with Gasteiger partial charge in [-0.25, -0.2) is 0 Å². The third-order valence-corrected chi connectivity index (χ3v) is 23.9. The van der Waals surface area contributed by atoms with Crippen LogP contribution in [0.2, 0.25) is 23.2 Å². The molecule has 0 aliphatic heterocycles. The predicted molar refractivity (Wildman–Crippen MR) is 184 cm³/mol. The third-order valence-electron chi connectivity index (χ3n) is 16.6. The van der Waals surface area contributed by atoms with E-state index in [0.717, 1.165) is 88.0 Å². The van der Waals surface area contributed by atoms with Crippen molar-refractivity contribution >= 4 is 8.07 Å². The molecule has 0 aromatic rings. The topological polar surface area (TPSA) is 0 Å². The summed E-state index contributed by atoms with van der Waals surface area (Å²) in [5.41, 5.74) is 3.05. The standard InChI is InChI=1S/C40H74Si/c1-14-41(15-2,38-27(6)25(4)26(5)28(38)7)37-24(3)19-34-35(37)22-29-17-16-18-33(29)36(34)30-20-31(39(8,9)10)23-32(21-30)40(11,12)13/h24-38H,14-23H2,1-13H3. The van der Waals surface area contributed by atoms with Crippen LogP contribution in [0.1, 0.15) is 141 Å². The van der Waals surface area contributed by atoms with Crippen molar-refractivity contribution in [2.24, 2.45) is 87.8 Å². The van der Waals surface area contributed by atoms with Gasteiger partial charge in [0.1, 0.15) is 0 Å². The second-order valence-corrected chi connectivity index (χ2v) is 24.9. The molecule has 0 spiro atoms. The van der Waals surface area contributed by atoms with Gasteiger partial charge in [-0.05, 0) is 137 Å². The van der Waals surface area contributed by atoms with E-state index in [4.69, 9.17) is 0 Å². The van der Waals surface area contributed by atoms with Gasteiger partial charge < -0.3 is 0 Å². The summed E-state index contributed by atoms with van der Waals surface area (Å²) in [7, 11) is -1.47. The van der Waals surface area contributed by atoms with Gasteiger partial charge >= 0.3 is 0 Å². The largest absolute Gasteiger partial charge is 0.0678 e. The first-order chi connectivity index (χ1) is 19.1. The van der Waals surface area contributed by atoms with Crippen molar-refractivity contribution in [1.82, 2.24) is 0 Å². The highest BCUT2D eigenvalue weighted by Gasteiger charge is 2.63. The van der Waals surface area contributed by atoms with E-state index < -0.39 is 8.07 Å². The number of hydrogen-bond donors (Lipinski definition) is 0. The first kappa shape index (κ1) is 32.6. The zero-order valence-corrected chi connectivity index (χ0v) is 31.2. The van der Waals surface area contributed by atoms with E-state index >= 15 is 0 Å². The summed E-state index contributed by atoms with van der Waals surface area (Å²) >= 11 is 0. The van der Waals surface area contributed by atoms with E-state index in [1.807, 2.05) is 0 Å². The van der Waals surface area contributed by atoms with Crippen LogP contribution in [0.25, 0.3) is 0 Å². The Kier molecular flexibility index (Phi) is 9.18. The number of hydrogen-bond acceptors (Lipinski definition) is 0. The molecule has 41 heavy (non-hydrogen) atoms. The lowest BCUT2D eigenvalue weighted by molar-refractivity contribution is -0.0360. The van der Waals surface area contributed by atoms with Crippen LogP contribution in [-0.4, -0.2) is 8.07 Å². The molecule has 0 saturated heterocycles. The van der Waals surface area contributed by atoms with Gasteiger partial charge in [-0.3, -0.25) is 0 Å². The quantitative estimate of drug-likeness (QED) is 0.283. The Bertz CT molecular complexity index is 849. The smallest absolute Gasteiger partial charge is 0.0603 e. The molecule has 13 atom stereocenters. The average molecular weight is 583 g/mol. The van der Waals surface area contributed by atoms with Crippen molar-refractivity contribution in [1.29, 1.82) is 0 Å². The molecule has 0 aromatic heterocycles. The van der Waals surface area contributed by atoms with Crippen LogP contribution in [0.15, 0.2) is 0 Å². The molecule has 0 bridgehead atoms. The number of rotatable bonds is 5. The highest BCUT2D eigenvalue weighted by molar-refractivity contribution is 6.82. The molecule has 5 saturated carbocycles. The average Bonchev–Trinajstić information content (AvgIpc) is 3.55. The Morgan fingerprint density at radius 2 is 1.07 bits per heavy atom. The second kappa shape index (κ2) is 11.5. The molecule has 1 heteroatoms. The first-order valence-corrected chi connectivity index (χ1v) is 21.6. The second-order valence-electron chi connectivity index (χ2n) is 19.7. The van der Waals surface area contributed by atoms with Gasteiger partial charge in [-0.15, -0.1) is 0 Å². The van der Waals surface area contributed by atoms with Crippen molar-refractivity contribution in [3.8, 4) is 0 Å². The Morgan fingerprint density at radius 3 is 1.56 bits per heavy atom. The molecule has 0 radical (unpaired) electrons. The fraction of sp³-hybridized carbons (Fsp3) is 1.00. The lowest BCUT2D eigenvalue weighted by Gasteiger charge is -2.55. The number of fused-ring (bicyclic) bond motifs is 2. The summed E-state index contributed by atoms with van der Waals surface area (Å²) in [4.78, 5) is 0. The monoisotopic (exact) mass is 583 g/mol. The van der Waals surface area contributed by atoms with Crippen LogP contribution in [0, 0.1) is 87.8 Å². The maximum Gasteiger partial charge on any atom is 0.0603 e. The van der Waals surface area contributed by atoms with Crippen LogP contribution in [-0.2, 0) is 0 Å². The van der Waals surface area contributed by atoms with E-state index in [9.17, 15) is 0 Å². The van der Waals surface area contributed by atoms with Gasteiger partial charge in [0.15, 0.2) is 0 Å². The van der Waals surface area contributed by atoms with E-state index in [1.165, 1.54) is 6.42 Å². The van der Waals surface area contributed by atoms with Crippen LogP contribution < -0.4 is 0 Å². The Hall–Kier alpha value is 0.217. The highest BCUT2D eigenvalue weighted by Crippen LogP contribution is 2.70. The minimum atomic E-state index is -1.47. The molecule has 0 heterocycles. The Labute approximate surface area is 259 Å². The molecule has 5 fully saturated rings. The summed E-state index contributed by atoms with van der Waals surface area (Å²) < 4.78 is 0. The molecular formula is C40H74Si. The minimum Gasteiger partial charge on any atom is -0.0678 e. The molecular weight excluding hydrogens is 509 g/mol. The van der Waals surface area contributed by atoms with Crippen LogP contribution >= 0.6 is 0 Å².